The summed E-state index contributed by atoms with van der Waals surface area (Å²) in [6, 6.07) is 2.64. The van der Waals surface area contributed by atoms with Gasteiger partial charge >= 0.3 is 17.9 Å². The Morgan fingerprint density at radius 2 is 0.975 bits per heavy atom. The van der Waals surface area contributed by atoms with E-state index in [0.717, 1.165) is 0 Å². The highest BCUT2D eigenvalue weighted by atomic mass is 16.4. The summed E-state index contributed by atoms with van der Waals surface area (Å²) in [5.74, 6) is -15.7. The average Bonchev–Trinajstić information content (AvgIpc) is 3.39. The number of benzene rings is 3. The number of rotatable bonds is 18. The van der Waals surface area contributed by atoms with Gasteiger partial charge in [-0.15, -0.1) is 0 Å². The van der Waals surface area contributed by atoms with E-state index in [1.165, 1.54) is 66.7 Å². The Morgan fingerprint density at radius 1 is 0.519 bits per heavy atom. The Kier molecular flexibility index (Phi) is 24.6. The molecule has 0 bridgehead atoms. The first-order valence-corrected chi connectivity index (χ1v) is 25.6. The SMILES string of the molecule is CC(C)C[C@@H]1NC(=O)CNC(=O)[C@H](CCC(=O)O)NC(=O)[C@H](CC(=O)O)NC(=O)[C@H](Cc2ccc(O)cc2)NC(=O)[C@H](Cc2ccc(O)cc2)NC(=O)CC[C@@H](C(=O)NCCc2ccc(O)c(O)c2)NC(=O)[C@H](CCC(=O)O)NC1=O. The first-order valence-electron chi connectivity index (χ1n) is 25.6. The van der Waals surface area contributed by atoms with E-state index >= 15 is 0 Å². The van der Waals surface area contributed by atoms with Crippen molar-refractivity contribution < 1.29 is 93.3 Å². The van der Waals surface area contributed by atoms with Crippen LogP contribution in [0.3, 0.4) is 0 Å². The van der Waals surface area contributed by atoms with Crippen LogP contribution in [0.5, 0.6) is 23.0 Å². The van der Waals surface area contributed by atoms with Gasteiger partial charge in [-0.05, 0) is 91.1 Å². The van der Waals surface area contributed by atoms with Crippen molar-refractivity contribution in [3.05, 3.63) is 83.4 Å². The molecule has 0 aromatic heterocycles. The monoisotopic (exact) mass is 1130 g/mol. The van der Waals surface area contributed by atoms with Crippen molar-refractivity contribution in [2.24, 2.45) is 5.92 Å². The third-order valence-corrected chi connectivity index (χ3v) is 12.4. The van der Waals surface area contributed by atoms with Crippen LogP contribution in [0.1, 0.15) is 81.9 Å². The van der Waals surface area contributed by atoms with Gasteiger partial charge < -0.3 is 83.6 Å². The van der Waals surface area contributed by atoms with E-state index in [9.17, 15) is 93.3 Å². The van der Waals surface area contributed by atoms with Gasteiger partial charge in [0, 0.05) is 38.6 Å². The molecule has 1 aliphatic rings. The average molecular weight is 1130 g/mol. The maximum absolute atomic E-state index is 14.5. The molecule has 28 nitrogen and oxygen atoms in total. The molecular formula is C53H67N9O19. The topological polar surface area (TPSA) is 455 Å². The molecule has 1 saturated heterocycles. The lowest BCUT2D eigenvalue weighted by atomic mass is 10.0. The maximum Gasteiger partial charge on any atom is 0.305 e. The van der Waals surface area contributed by atoms with Crippen LogP contribution in [0, 0.1) is 5.92 Å². The highest BCUT2D eigenvalue weighted by Crippen LogP contribution is 2.25. The Labute approximate surface area is 463 Å². The van der Waals surface area contributed by atoms with Crippen molar-refractivity contribution in [1.82, 2.24) is 47.9 Å². The number of carboxylic acids is 3. The Balaban J connectivity index is 1.82. The molecule has 1 aliphatic heterocycles. The van der Waals surface area contributed by atoms with Crippen molar-refractivity contribution in [2.45, 2.75) is 127 Å². The van der Waals surface area contributed by atoms with Crippen LogP contribution in [-0.4, -0.2) is 162 Å². The number of aromatic hydroxyl groups is 4. The lowest BCUT2D eigenvalue weighted by Gasteiger charge is -2.27. The van der Waals surface area contributed by atoms with E-state index in [2.05, 4.69) is 47.9 Å². The number of amides is 9. The zero-order valence-electron chi connectivity index (χ0n) is 44.2. The Hall–Kier alpha value is -9.50. The minimum atomic E-state index is -2.02. The standard InChI is InChI=1S/C53H67N9O19/c1-27(2)21-36-50(78)60-35(14-18-45(71)72)49(77)58-33(47(75)54-20-19-30-7-15-40(65)41(66)24-30)12-16-42(67)56-37(22-28-3-8-31(63)9-4-28)51(79)61-38(23-29-5-10-32(64)11-6-29)52(80)62-39(25-46(73)74)53(81)59-34(13-17-44(69)70)48(76)55-26-43(68)57-36/h3-11,15,24,27,33-39,63-66H,12-14,16-23,25-26H2,1-2H3,(H,54,75)(H,55,76)(H,56,67)(H,57,68)(H,58,77)(H,59,81)(H,60,78)(H,61,79)(H,62,80)(H,69,70)(H,71,72)(H,73,74)/t33-,34-,35-,36-,37-,38-,39-/m0/s1. The quantitative estimate of drug-likeness (QED) is 0.0625. The molecular weight excluding hydrogens is 1070 g/mol. The zero-order valence-corrected chi connectivity index (χ0v) is 44.2. The number of carbonyl (C=O) groups is 12. The minimum absolute atomic E-state index is 0.0726. The second kappa shape index (κ2) is 31.2. The molecule has 28 heteroatoms. The molecule has 4 rings (SSSR count). The van der Waals surface area contributed by atoms with Crippen molar-refractivity contribution >= 4 is 71.1 Å². The summed E-state index contributed by atoms with van der Waals surface area (Å²) in [7, 11) is 0. The number of phenolic OH excluding ortho intramolecular Hbond substituents is 4. The molecule has 1 fully saturated rings. The van der Waals surface area contributed by atoms with Crippen molar-refractivity contribution in [3.63, 3.8) is 0 Å². The van der Waals surface area contributed by atoms with Gasteiger partial charge in [0.15, 0.2) is 11.5 Å². The van der Waals surface area contributed by atoms with E-state index < -0.39 is 183 Å². The molecule has 1 heterocycles. The zero-order chi connectivity index (χ0) is 59.9. The van der Waals surface area contributed by atoms with E-state index in [0.29, 0.717) is 16.7 Å². The van der Waals surface area contributed by atoms with Gasteiger partial charge in [0.25, 0.3) is 0 Å². The molecule has 16 N–H and O–H groups in total. The molecule has 0 saturated carbocycles. The lowest BCUT2D eigenvalue weighted by molar-refractivity contribution is -0.141. The maximum atomic E-state index is 14.5. The number of hydrogen-bond donors (Lipinski definition) is 16. The van der Waals surface area contributed by atoms with Crippen LogP contribution in [0.4, 0.5) is 0 Å². The number of nitrogens with one attached hydrogen (secondary N) is 9. The summed E-state index contributed by atoms with van der Waals surface area (Å²) in [5, 5.41) is 90.3. The second-order valence-electron chi connectivity index (χ2n) is 19.5. The largest absolute Gasteiger partial charge is 0.508 e. The van der Waals surface area contributed by atoms with Crippen LogP contribution in [0.2, 0.25) is 0 Å². The third-order valence-electron chi connectivity index (χ3n) is 12.4. The molecule has 3 aromatic rings. The summed E-state index contributed by atoms with van der Waals surface area (Å²) < 4.78 is 0. The van der Waals surface area contributed by atoms with Crippen LogP contribution >= 0.6 is 0 Å². The van der Waals surface area contributed by atoms with Gasteiger partial charge in [-0.1, -0.05) is 44.2 Å². The first-order chi connectivity index (χ1) is 38.3. The first kappa shape index (κ1) is 64.0. The number of carboxylic acid groups (broad SMARTS) is 3. The van der Waals surface area contributed by atoms with Crippen LogP contribution in [-0.2, 0) is 76.8 Å². The lowest BCUT2D eigenvalue weighted by Crippen LogP contribution is -2.60. The van der Waals surface area contributed by atoms with Crippen molar-refractivity contribution in [3.8, 4) is 23.0 Å². The van der Waals surface area contributed by atoms with Gasteiger partial charge in [-0.25, -0.2) is 0 Å². The molecule has 9 amide bonds. The van der Waals surface area contributed by atoms with Crippen molar-refractivity contribution in [2.75, 3.05) is 13.1 Å². The molecule has 81 heavy (non-hydrogen) atoms. The number of aliphatic carboxylic acids is 3. The van der Waals surface area contributed by atoms with Gasteiger partial charge in [0.1, 0.15) is 53.8 Å². The predicted molar refractivity (Wildman–Crippen MR) is 281 cm³/mol. The summed E-state index contributed by atoms with van der Waals surface area (Å²) in [4.78, 5) is 161. The number of hydrogen-bond acceptors (Lipinski definition) is 16. The van der Waals surface area contributed by atoms with Crippen LogP contribution in [0.15, 0.2) is 66.7 Å². The number of carbonyl (C=O) groups excluding carboxylic acids is 9. The van der Waals surface area contributed by atoms with Gasteiger partial charge in [0.05, 0.1) is 13.0 Å². The fourth-order valence-electron chi connectivity index (χ4n) is 8.20. The highest BCUT2D eigenvalue weighted by Gasteiger charge is 2.35. The van der Waals surface area contributed by atoms with E-state index in [1.807, 2.05) is 0 Å². The van der Waals surface area contributed by atoms with Crippen LogP contribution < -0.4 is 47.9 Å². The summed E-state index contributed by atoms with van der Waals surface area (Å²) in [5.41, 5.74) is 1.11. The molecule has 7 atom stereocenters. The smallest absolute Gasteiger partial charge is 0.305 e. The van der Waals surface area contributed by atoms with E-state index in [1.54, 1.807) is 13.8 Å². The Morgan fingerprint density at radius 3 is 1.49 bits per heavy atom. The summed E-state index contributed by atoms with van der Waals surface area (Å²) >= 11 is 0. The highest BCUT2D eigenvalue weighted by molar-refractivity contribution is 5.99. The summed E-state index contributed by atoms with van der Waals surface area (Å²) in [6.45, 7) is 2.28. The minimum Gasteiger partial charge on any atom is -0.508 e. The Bertz CT molecular complexity index is 2780. The molecule has 0 spiro atoms. The van der Waals surface area contributed by atoms with E-state index in [4.69, 9.17) is 0 Å². The molecule has 438 valence electrons. The molecule has 3 aromatic carbocycles. The normalized spacial score (nSPS) is 21.3. The summed E-state index contributed by atoms with van der Waals surface area (Å²) in [6.07, 6.45) is -5.72. The molecule has 0 unspecified atom stereocenters. The van der Waals surface area contributed by atoms with E-state index in [-0.39, 0.29) is 43.2 Å². The second-order valence-corrected chi connectivity index (χ2v) is 19.5. The van der Waals surface area contributed by atoms with Crippen LogP contribution in [0.25, 0.3) is 0 Å². The molecule has 0 radical (unpaired) electrons. The molecule has 0 aliphatic carbocycles. The van der Waals surface area contributed by atoms with Crippen molar-refractivity contribution in [1.29, 1.82) is 0 Å². The fraction of sp³-hybridized carbons (Fsp3) is 0.434. The van der Waals surface area contributed by atoms with Gasteiger partial charge in [0.2, 0.25) is 53.2 Å². The predicted octanol–water partition coefficient (Wildman–Crippen LogP) is -1.79. The fourth-order valence-corrected chi connectivity index (χ4v) is 8.20. The number of phenols is 4. The van der Waals surface area contributed by atoms with Gasteiger partial charge in [-0.3, -0.25) is 57.5 Å². The third kappa shape index (κ3) is 22.4. The van der Waals surface area contributed by atoms with Gasteiger partial charge in [-0.2, -0.15) is 0 Å².